The fourth-order valence-corrected chi connectivity index (χ4v) is 2.18. The van der Waals surface area contributed by atoms with Crippen LogP contribution in [0.3, 0.4) is 0 Å². The van der Waals surface area contributed by atoms with Crippen LogP contribution in [-0.4, -0.2) is 21.9 Å². The SMILES string of the molecule is Cc1cc(Br)c(NC(=O)CC(C)(C)C(=O)O)cc1[N+](=O)[O-]. The topological polar surface area (TPSA) is 110 Å². The molecule has 0 radical (unpaired) electrons. The van der Waals surface area contributed by atoms with Crippen LogP contribution in [0.4, 0.5) is 11.4 Å². The van der Waals surface area contributed by atoms with Gasteiger partial charge in [0.15, 0.2) is 0 Å². The molecule has 0 saturated carbocycles. The zero-order valence-electron chi connectivity index (χ0n) is 11.8. The van der Waals surface area contributed by atoms with Gasteiger partial charge < -0.3 is 10.4 Å². The number of nitro benzene ring substituents is 1. The molecular weight excluding hydrogens is 344 g/mol. The predicted octanol–water partition coefficient (Wildman–Crippen LogP) is 3.11. The Balaban J connectivity index is 2.98. The first-order valence-corrected chi connectivity index (χ1v) is 6.81. The number of nitrogens with one attached hydrogen (secondary N) is 1. The van der Waals surface area contributed by atoms with Gasteiger partial charge in [-0.2, -0.15) is 0 Å². The molecule has 0 atom stereocenters. The predicted molar refractivity (Wildman–Crippen MR) is 80.2 cm³/mol. The molecule has 0 spiro atoms. The Morgan fingerprint density at radius 2 is 2.00 bits per heavy atom. The molecule has 0 bridgehead atoms. The number of carbonyl (C=O) groups is 2. The van der Waals surface area contributed by atoms with Crippen molar-refractivity contribution < 1.29 is 19.6 Å². The molecule has 0 fully saturated rings. The quantitative estimate of drug-likeness (QED) is 0.620. The maximum Gasteiger partial charge on any atom is 0.309 e. The number of nitro groups is 1. The summed E-state index contributed by atoms with van der Waals surface area (Å²) in [5.74, 6) is -1.62. The lowest BCUT2D eigenvalue weighted by atomic mass is 9.89. The van der Waals surface area contributed by atoms with E-state index in [0.29, 0.717) is 10.0 Å². The molecule has 7 nitrogen and oxygen atoms in total. The van der Waals surface area contributed by atoms with Crippen molar-refractivity contribution in [2.24, 2.45) is 5.41 Å². The van der Waals surface area contributed by atoms with Gasteiger partial charge in [0.1, 0.15) is 0 Å². The number of carbonyl (C=O) groups excluding carboxylic acids is 1. The number of aryl methyl sites for hydroxylation is 1. The van der Waals surface area contributed by atoms with E-state index >= 15 is 0 Å². The Bertz CT molecular complexity index is 613. The van der Waals surface area contributed by atoms with Crippen molar-refractivity contribution in [1.82, 2.24) is 0 Å². The van der Waals surface area contributed by atoms with E-state index < -0.39 is 22.2 Å². The number of hydrogen-bond donors (Lipinski definition) is 2. The molecule has 1 aromatic rings. The van der Waals surface area contributed by atoms with Gasteiger partial charge in [-0.25, -0.2) is 0 Å². The van der Waals surface area contributed by atoms with E-state index in [9.17, 15) is 19.7 Å². The molecule has 21 heavy (non-hydrogen) atoms. The highest BCUT2D eigenvalue weighted by Crippen LogP contribution is 2.31. The molecule has 8 heteroatoms. The van der Waals surface area contributed by atoms with Gasteiger partial charge in [-0.1, -0.05) is 0 Å². The summed E-state index contributed by atoms with van der Waals surface area (Å²) in [6, 6.07) is 2.77. The molecule has 0 aromatic heterocycles. The van der Waals surface area contributed by atoms with Crippen molar-refractivity contribution >= 4 is 39.2 Å². The zero-order valence-corrected chi connectivity index (χ0v) is 13.4. The van der Waals surface area contributed by atoms with E-state index in [1.54, 1.807) is 6.92 Å². The Hall–Kier alpha value is -1.96. The van der Waals surface area contributed by atoms with E-state index in [0.717, 1.165) is 0 Å². The van der Waals surface area contributed by atoms with Crippen LogP contribution in [-0.2, 0) is 9.59 Å². The summed E-state index contributed by atoms with van der Waals surface area (Å²) in [6.45, 7) is 4.45. The van der Waals surface area contributed by atoms with Crippen molar-refractivity contribution in [3.05, 3.63) is 32.3 Å². The number of aliphatic carboxylic acids is 1. The van der Waals surface area contributed by atoms with Gasteiger partial charge in [0, 0.05) is 22.5 Å². The smallest absolute Gasteiger partial charge is 0.309 e. The van der Waals surface area contributed by atoms with E-state index in [1.165, 1.54) is 26.0 Å². The molecule has 114 valence electrons. The zero-order chi connectivity index (χ0) is 16.4. The van der Waals surface area contributed by atoms with E-state index in [4.69, 9.17) is 5.11 Å². The van der Waals surface area contributed by atoms with Crippen LogP contribution in [0.15, 0.2) is 16.6 Å². The third kappa shape index (κ3) is 4.25. The Morgan fingerprint density at radius 3 is 2.48 bits per heavy atom. The van der Waals surface area contributed by atoms with Crippen LogP contribution >= 0.6 is 15.9 Å². The van der Waals surface area contributed by atoms with Crippen LogP contribution in [0, 0.1) is 22.5 Å². The number of halogens is 1. The first-order valence-electron chi connectivity index (χ1n) is 6.02. The van der Waals surface area contributed by atoms with E-state index in [-0.39, 0.29) is 17.8 Å². The minimum Gasteiger partial charge on any atom is -0.481 e. The number of anilines is 1. The molecular formula is C13H15BrN2O5. The van der Waals surface area contributed by atoms with Gasteiger partial charge in [-0.3, -0.25) is 19.7 Å². The first-order chi connectivity index (χ1) is 9.54. The summed E-state index contributed by atoms with van der Waals surface area (Å²) >= 11 is 3.21. The molecule has 0 heterocycles. The summed E-state index contributed by atoms with van der Waals surface area (Å²) in [5, 5.41) is 22.4. The standard InChI is InChI=1S/C13H15BrN2O5/c1-7-4-8(14)9(5-10(7)16(20)21)15-11(17)6-13(2,3)12(18)19/h4-5H,6H2,1-3H3,(H,15,17)(H,18,19). The number of hydrogen-bond acceptors (Lipinski definition) is 4. The fraction of sp³-hybridized carbons (Fsp3) is 0.385. The van der Waals surface area contributed by atoms with Crippen molar-refractivity contribution in [1.29, 1.82) is 0 Å². The lowest BCUT2D eigenvalue weighted by molar-refractivity contribution is -0.385. The lowest BCUT2D eigenvalue weighted by Gasteiger charge is -2.18. The van der Waals surface area contributed by atoms with Crippen molar-refractivity contribution in [3.8, 4) is 0 Å². The fourth-order valence-electron chi connectivity index (χ4n) is 1.63. The third-order valence-corrected chi connectivity index (χ3v) is 3.59. The Kier molecular flexibility index (Phi) is 5.06. The third-order valence-electron chi connectivity index (χ3n) is 2.94. The maximum absolute atomic E-state index is 11.9. The lowest BCUT2D eigenvalue weighted by Crippen LogP contribution is -2.29. The number of carboxylic acid groups (broad SMARTS) is 1. The average molecular weight is 359 g/mol. The number of amides is 1. The van der Waals surface area contributed by atoms with Gasteiger partial charge in [0.2, 0.25) is 5.91 Å². The second kappa shape index (κ2) is 6.21. The number of nitrogens with zero attached hydrogens (tertiary/aromatic N) is 1. The largest absolute Gasteiger partial charge is 0.481 e. The number of benzene rings is 1. The van der Waals surface area contributed by atoms with E-state index in [2.05, 4.69) is 21.2 Å². The van der Waals surface area contributed by atoms with Crippen molar-refractivity contribution in [3.63, 3.8) is 0 Å². The molecule has 1 aromatic carbocycles. The summed E-state index contributed by atoms with van der Waals surface area (Å²) in [4.78, 5) is 33.2. The highest BCUT2D eigenvalue weighted by molar-refractivity contribution is 9.10. The van der Waals surface area contributed by atoms with Gasteiger partial charge >= 0.3 is 5.97 Å². The van der Waals surface area contributed by atoms with Gasteiger partial charge in [-0.15, -0.1) is 0 Å². The molecule has 1 amide bonds. The van der Waals surface area contributed by atoms with Crippen molar-refractivity contribution in [2.45, 2.75) is 27.2 Å². The monoisotopic (exact) mass is 358 g/mol. The first kappa shape index (κ1) is 17.1. The maximum atomic E-state index is 11.9. The number of carboxylic acids is 1. The average Bonchev–Trinajstić information content (AvgIpc) is 2.31. The van der Waals surface area contributed by atoms with Crippen LogP contribution in [0.2, 0.25) is 0 Å². The molecule has 0 aliphatic carbocycles. The number of rotatable bonds is 5. The normalized spacial score (nSPS) is 11.0. The second-order valence-corrected chi connectivity index (χ2v) is 6.14. The molecule has 0 aliphatic heterocycles. The van der Waals surface area contributed by atoms with Gasteiger partial charge in [-0.05, 0) is 42.8 Å². The molecule has 0 unspecified atom stereocenters. The van der Waals surface area contributed by atoms with Crippen molar-refractivity contribution in [2.75, 3.05) is 5.32 Å². The minimum atomic E-state index is -1.22. The van der Waals surface area contributed by atoms with Crippen LogP contribution in [0.1, 0.15) is 25.8 Å². The summed E-state index contributed by atoms with van der Waals surface area (Å²) in [6.07, 6.45) is -0.240. The molecule has 0 saturated heterocycles. The Morgan fingerprint density at radius 1 is 1.43 bits per heavy atom. The van der Waals surface area contributed by atoms with Crippen LogP contribution in [0.5, 0.6) is 0 Å². The Labute approximate surface area is 129 Å². The molecule has 2 N–H and O–H groups in total. The summed E-state index contributed by atoms with van der Waals surface area (Å²) in [5.41, 5.74) is -0.645. The highest BCUT2D eigenvalue weighted by Gasteiger charge is 2.30. The van der Waals surface area contributed by atoms with Crippen LogP contribution in [0.25, 0.3) is 0 Å². The molecule has 1 rings (SSSR count). The minimum absolute atomic E-state index is 0.119. The highest BCUT2D eigenvalue weighted by atomic mass is 79.9. The second-order valence-electron chi connectivity index (χ2n) is 5.29. The van der Waals surface area contributed by atoms with E-state index in [1.807, 2.05) is 0 Å². The van der Waals surface area contributed by atoms with Gasteiger partial charge in [0.05, 0.1) is 16.0 Å². The summed E-state index contributed by atoms with van der Waals surface area (Å²) < 4.78 is 0.493. The molecule has 0 aliphatic rings. The van der Waals surface area contributed by atoms with Crippen LogP contribution < -0.4 is 5.32 Å². The summed E-state index contributed by atoms with van der Waals surface area (Å²) in [7, 11) is 0. The van der Waals surface area contributed by atoms with Gasteiger partial charge in [0.25, 0.3) is 5.69 Å².